The normalized spacial score (nSPS) is 16.3. The molecule has 1 fully saturated rings. The van der Waals surface area contributed by atoms with Crippen molar-refractivity contribution in [1.82, 2.24) is 20.0 Å². The largest absolute Gasteiger partial charge is 0.361 e. The van der Waals surface area contributed by atoms with E-state index in [1.165, 1.54) is 0 Å². The number of benzene rings is 1. The zero-order valence-corrected chi connectivity index (χ0v) is 19.7. The number of aromatic nitrogens is 3. The predicted octanol–water partition coefficient (Wildman–Crippen LogP) is 4.42. The van der Waals surface area contributed by atoms with Crippen LogP contribution in [0, 0.1) is 13.8 Å². The van der Waals surface area contributed by atoms with Crippen LogP contribution in [-0.4, -0.2) is 53.1 Å². The number of aryl methyl sites for hydroxylation is 2. The Kier molecular flexibility index (Phi) is 6.46. The summed E-state index contributed by atoms with van der Waals surface area (Å²) < 4.78 is 5.23. The number of carbonyl (C=O) groups is 1. The van der Waals surface area contributed by atoms with Gasteiger partial charge in [-0.3, -0.25) is 4.79 Å². The van der Waals surface area contributed by atoms with E-state index in [2.05, 4.69) is 10.1 Å². The number of halogens is 1. The third-order valence-electron chi connectivity index (χ3n) is 6.03. The Morgan fingerprint density at radius 3 is 2.66 bits per heavy atom. The second-order valence-electron chi connectivity index (χ2n) is 8.53. The zero-order valence-electron chi connectivity index (χ0n) is 18.9. The van der Waals surface area contributed by atoms with Gasteiger partial charge in [0.15, 0.2) is 0 Å². The molecule has 1 aliphatic heterocycles. The number of hydrogen-bond acceptors (Lipinski definition) is 6. The SMILES string of the molecule is Cc1noc(C)c1CC(=O)N1CCCC(c2nc(N(C)C)ncc2-c2ccc(Cl)cc2)C1. The van der Waals surface area contributed by atoms with Crippen LogP contribution in [0.5, 0.6) is 0 Å². The third-order valence-corrected chi connectivity index (χ3v) is 6.28. The highest BCUT2D eigenvalue weighted by molar-refractivity contribution is 6.30. The van der Waals surface area contributed by atoms with E-state index in [0.29, 0.717) is 29.7 Å². The molecule has 0 N–H and O–H groups in total. The molecule has 7 nitrogen and oxygen atoms in total. The van der Waals surface area contributed by atoms with Gasteiger partial charge < -0.3 is 14.3 Å². The van der Waals surface area contributed by atoms with Gasteiger partial charge in [0.05, 0.1) is 17.8 Å². The monoisotopic (exact) mass is 453 g/mol. The second-order valence-corrected chi connectivity index (χ2v) is 8.97. The summed E-state index contributed by atoms with van der Waals surface area (Å²) >= 11 is 6.10. The number of rotatable bonds is 5. The molecule has 0 radical (unpaired) electrons. The highest BCUT2D eigenvalue weighted by Gasteiger charge is 2.29. The average molecular weight is 454 g/mol. The van der Waals surface area contributed by atoms with Gasteiger partial charge in [-0.2, -0.15) is 0 Å². The summed E-state index contributed by atoms with van der Waals surface area (Å²) in [5, 5.41) is 4.67. The Balaban J connectivity index is 1.62. The Labute approximate surface area is 193 Å². The van der Waals surface area contributed by atoms with Crippen molar-refractivity contribution in [3.05, 3.63) is 58.2 Å². The minimum atomic E-state index is 0.0963. The Morgan fingerprint density at radius 2 is 2.00 bits per heavy atom. The minimum absolute atomic E-state index is 0.0963. The van der Waals surface area contributed by atoms with Gasteiger partial charge >= 0.3 is 0 Å². The van der Waals surface area contributed by atoms with Crippen LogP contribution in [0.4, 0.5) is 5.95 Å². The molecule has 4 rings (SSSR count). The van der Waals surface area contributed by atoms with Crippen LogP contribution in [0.25, 0.3) is 11.1 Å². The van der Waals surface area contributed by atoms with Crippen LogP contribution in [-0.2, 0) is 11.2 Å². The van der Waals surface area contributed by atoms with Crippen molar-refractivity contribution >= 4 is 23.5 Å². The topological polar surface area (TPSA) is 75.4 Å². The maximum absolute atomic E-state index is 13.1. The fraction of sp³-hybridized carbons (Fsp3) is 0.417. The van der Waals surface area contributed by atoms with Crippen LogP contribution in [0.1, 0.15) is 41.5 Å². The lowest BCUT2D eigenvalue weighted by Crippen LogP contribution is -2.40. The Morgan fingerprint density at radius 1 is 1.25 bits per heavy atom. The molecule has 0 aliphatic carbocycles. The van der Waals surface area contributed by atoms with Crippen molar-refractivity contribution in [3.8, 4) is 11.1 Å². The van der Waals surface area contributed by atoms with E-state index in [-0.39, 0.29) is 11.8 Å². The molecule has 1 saturated heterocycles. The molecule has 3 aromatic rings. The lowest BCUT2D eigenvalue weighted by Gasteiger charge is -2.33. The summed E-state index contributed by atoms with van der Waals surface area (Å²) in [5.41, 5.74) is 4.64. The van der Waals surface area contributed by atoms with E-state index >= 15 is 0 Å². The predicted molar refractivity (Wildman–Crippen MR) is 125 cm³/mol. The molecule has 168 valence electrons. The molecule has 0 saturated carbocycles. The first kappa shape index (κ1) is 22.3. The number of likely N-dealkylation sites (tertiary alicyclic amines) is 1. The maximum atomic E-state index is 13.1. The van der Waals surface area contributed by atoms with E-state index < -0.39 is 0 Å². The molecule has 0 bridgehead atoms. The number of anilines is 1. The van der Waals surface area contributed by atoms with Gasteiger partial charge in [0.2, 0.25) is 11.9 Å². The first-order chi connectivity index (χ1) is 15.3. The second kappa shape index (κ2) is 9.28. The lowest BCUT2D eigenvalue weighted by atomic mass is 9.89. The van der Waals surface area contributed by atoms with E-state index in [1.807, 2.05) is 68.2 Å². The van der Waals surface area contributed by atoms with Gasteiger partial charge in [-0.05, 0) is 44.4 Å². The lowest BCUT2D eigenvalue weighted by molar-refractivity contribution is -0.131. The molecule has 1 amide bonds. The van der Waals surface area contributed by atoms with Gasteiger partial charge in [-0.1, -0.05) is 28.9 Å². The third kappa shape index (κ3) is 4.63. The molecular formula is C24H28ClN5O2. The summed E-state index contributed by atoms with van der Waals surface area (Å²) in [6, 6.07) is 7.73. The summed E-state index contributed by atoms with van der Waals surface area (Å²) in [6.45, 7) is 5.11. The standard InChI is InChI=1S/C24H28ClN5O2/c1-15-20(16(2)32-28-15)12-22(31)30-11-5-6-18(14-30)23-21(13-26-24(27-23)29(3)4)17-7-9-19(25)10-8-17/h7-10,13,18H,5-6,11-12,14H2,1-4H3. The van der Waals surface area contributed by atoms with Crippen LogP contribution >= 0.6 is 11.6 Å². The Bertz CT molecular complexity index is 1090. The minimum Gasteiger partial charge on any atom is -0.361 e. The molecular weight excluding hydrogens is 426 g/mol. The fourth-order valence-electron chi connectivity index (χ4n) is 4.21. The molecule has 3 heterocycles. The van der Waals surface area contributed by atoms with E-state index in [9.17, 15) is 4.79 Å². The highest BCUT2D eigenvalue weighted by atomic mass is 35.5. The van der Waals surface area contributed by atoms with Gasteiger partial charge in [0, 0.05) is 55.4 Å². The van der Waals surface area contributed by atoms with E-state index in [1.54, 1.807) is 0 Å². The first-order valence-corrected chi connectivity index (χ1v) is 11.2. The molecule has 32 heavy (non-hydrogen) atoms. The molecule has 0 spiro atoms. The van der Waals surface area contributed by atoms with Crippen LogP contribution < -0.4 is 4.90 Å². The zero-order chi connectivity index (χ0) is 22.8. The molecule has 8 heteroatoms. The van der Waals surface area contributed by atoms with Crippen LogP contribution in [0.3, 0.4) is 0 Å². The van der Waals surface area contributed by atoms with Gasteiger partial charge in [-0.25, -0.2) is 9.97 Å². The molecule has 2 aromatic heterocycles. The number of hydrogen-bond donors (Lipinski definition) is 0. The molecule has 1 unspecified atom stereocenters. The quantitative estimate of drug-likeness (QED) is 0.569. The summed E-state index contributed by atoms with van der Waals surface area (Å²) in [5.74, 6) is 1.60. The number of piperidine rings is 1. The van der Waals surface area contributed by atoms with Gasteiger partial charge in [0.1, 0.15) is 5.76 Å². The number of carbonyl (C=O) groups excluding carboxylic acids is 1. The fourth-order valence-corrected chi connectivity index (χ4v) is 4.33. The highest BCUT2D eigenvalue weighted by Crippen LogP contribution is 2.34. The molecule has 1 atom stereocenters. The average Bonchev–Trinajstić information content (AvgIpc) is 3.11. The Hall–Kier alpha value is -2.93. The smallest absolute Gasteiger partial charge is 0.227 e. The van der Waals surface area contributed by atoms with Crippen molar-refractivity contribution in [2.24, 2.45) is 0 Å². The van der Waals surface area contributed by atoms with Crippen molar-refractivity contribution in [2.75, 3.05) is 32.1 Å². The van der Waals surface area contributed by atoms with Crippen molar-refractivity contribution < 1.29 is 9.32 Å². The summed E-state index contributed by atoms with van der Waals surface area (Å²) in [4.78, 5) is 26.4. The summed E-state index contributed by atoms with van der Waals surface area (Å²) in [6.07, 6.45) is 4.09. The van der Waals surface area contributed by atoms with Gasteiger partial charge in [0.25, 0.3) is 0 Å². The van der Waals surface area contributed by atoms with Crippen molar-refractivity contribution in [3.63, 3.8) is 0 Å². The van der Waals surface area contributed by atoms with E-state index in [4.69, 9.17) is 21.1 Å². The summed E-state index contributed by atoms with van der Waals surface area (Å²) in [7, 11) is 3.86. The number of nitrogens with zero attached hydrogens (tertiary/aromatic N) is 5. The molecule has 1 aliphatic rings. The maximum Gasteiger partial charge on any atom is 0.227 e. The van der Waals surface area contributed by atoms with Gasteiger partial charge in [-0.15, -0.1) is 0 Å². The van der Waals surface area contributed by atoms with E-state index in [0.717, 1.165) is 47.5 Å². The molecule has 1 aromatic carbocycles. The van der Waals surface area contributed by atoms with Crippen LogP contribution in [0.15, 0.2) is 35.0 Å². The number of amides is 1. The van der Waals surface area contributed by atoms with Crippen molar-refractivity contribution in [1.29, 1.82) is 0 Å². The van der Waals surface area contributed by atoms with Crippen molar-refractivity contribution in [2.45, 2.75) is 39.0 Å². The van der Waals surface area contributed by atoms with Crippen LogP contribution in [0.2, 0.25) is 5.02 Å². The first-order valence-electron chi connectivity index (χ1n) is 10.8.